The number of nitrogens with one attached hydrogen (secondary N) is 1. The minimum Gasteiger partial charge on any atom is -1.00 e. The maximum absolute atomic E-state index is 11.8. The zero-order chi connectivity index (χ0) is 12.3. The third kappa shape index (κ3) is 3.22. The van der Waals surface area contributed by atoms with Crippen molar-refractivity contribution in [3.63, 3.8) is 0 Å². The zero-order valence-corrected chi connectivity index (χ0v) is 10.0. The Labute approximate surface area is 109 Å². The molecule has 1 aliphatic rings. The standard InChI is InChI=1S/C11H9N3O3.ClH/c15-11(7-13-6-5-12-8-13)9-1-3-10(4-2-9)14(16)17;/h1-6,8H,7H2;1H. The Hall–Kier alpha value is -2.05. The molecule has 0 aliphatic carbocycles. The predicted octanol–water partition coefficient (Wildman–Crippen LogP) is -2.82. The van der Waals surface area contributed by atoms with E-state index in [1.807, 2.05) is 0 Å². The van der Waals surface area contributed by atoms with Gasteiger partial charge in [-0.2, -0.15) is 0 Å². The van der Waals surface area contributed by atoms with E-state index in [-0.39, 0.29) is 30.4 Å². The Bertz CT molecular complexity index is 499. The van der Waals surface area contributed by atoms with E-state index in [2.05, 4.69) is 4.99 Å². The van der Waals surface area contributed by atoms with Gasteiger partial charge in [0.25, 0.3) is 5.69 Å². The van der Waals surface area contributed by atoms with Gasteiger partial charge >= 0.3 is 0 Å². The number of non-ortho nitro benzene ring substituents is 1. The van der Waals surface area contributed by atoms with Crippen LogP contribution in [0.15, 0.2) is 41.7 Å². The summed E-state index contributed by atoms with van der Waals surface area (Å²) in [6.07, 6.45) is 5.02. The van der Waals surface area contributed by atoms with Crippen LogP contribution in [0.5, 0.6) is 0 Å². The molecule has 6 nitrogen and oxygen atoms in total. The van der Waals surface area contributed by atoms with E-state index in [9.17, 15) is 14.9 Å². The Balaban J connectivity index is 0.00000162. The quantitative estimate of drug-likeness (QED) is 0.363. The molecule has 7 heteroatoms. The van der Waals surface area contributed by atoms with Crippen LogP contribution in [0.25, 0.3) is 0 Å². The summed E-state index contributed by atoms with van der Waals surface area (Å²) < 4.78 is 0. The molecule has 1 N–H and O–H groups in total. The van der Waals surface area contributed by atoms with Crippen LogP contribution in [0.3, 0.4) is 0 Å². The van der Waals surface area contributed by atoms with Gasteiger partial charge in [-0.15, -0.1) is 0 Å². The number of hydrogen-bond acceptors (Lipinski definition) is 4. The van der Waals surface area contributed by atoms with E-state index < -0.39 is 4.92 Å². The Kier molecular flexibility index (Phi) is 4.70. The van der Waals surface area contributed by atoms with Gasteiger partial charge in [0, 0.05) is 17.7 Å². The highest BCUT2D eigenvalue weighted by Gasteiger charge is 2.15. The van der Waals surface area contributed by atoms with Crippen LogP contribution < -0.4 is 17.3 Å². The fourth-order valence-corrected chi connectivity index (χ4v) is 1.48. The monoisotopic (exact) mass is 267 g/mol. The molecular weight excluding hydrogens is 258 g/mol. The Morgan fingerprint density at radius 1 is 1.33 bits per heavy atom. The van der Waals surface area contributed by atoms with Gasteiger partial charge in [-0.25, -0.2) is 4.99 Å². The molecule has 1 heterocycles. The van der Waals surface area contributed by atoms with Gasteiger partial charge in [-0.1, -0.05) is 0 Å². The molecule has 0 saturated heterocycles. The summed E-state index contributed by atoms with van der Waals surface area (Å²) in [7, 11) is 0. The second kappa shape index (κ2) is 6.04. The molecule has 18 heavy (non-hydrogen) atoms. The van der Waals surface area contributed by atoms with Gasteiger partial charge in [0.05, 0.1) is 11.1 Å². The Morgan fingerprint density at radius 3 is 2.50 bits per heavy atom. The minimum atomic E-state index is -0.491. The first kappa shape index (κ1) is 14.0. The summed E-state index contributed by atoms with van der Waals surface area (Å²) in [5, 5.41) is 10.5. The van der Waals surface area contributed by atoms with Crippen LogP contribution in [0.1, 0.15) is 10.4 Å². The molecule has 1 aromatic carbocycles. The van der Waals surface area contributed by atoms with Gasteiger partial charge in [-0.05, 0) is 12.1 Å². The second-order valence-corrected chi connectivity index (χ2v) is 3.57. The smallest absolute Gasteiger partial charge is 0.269 e. The van der Waals surface area contributed by atoms with Gasteiger partial charge in [0.2, 0.25) is 5.78 Å². The summed E-state index contributed by atoms with van der Waals surface area (Å²) in [5.74, 6) is -0.0760. The SMILES string of the molecule is O=C(C[NH+]1C=CN=C1)c1ccc([N+](=O)[O-])cc1.[Cl-]. The van der Waals surface area contributed by atoms with Crippen LogP contribution >= 0.6 is 0 Å². The summed E-state index contributed by atoms with van der Waals surface area (Å²) in [5.41, 5.74) is 0.452. The molecule has 1 aliphatic heterocycles. The molecule has 2 rings (SSSR count). The third-order valence-electron chi connectivity index (χ3n) is 2.38. The number of ketones is 1. The van der Waals surface area contributed by atoms with Crippen molar-refractivity contribution in [3.8, 4) is 0 Å². The highest BCUT2D eigenvalue weighted by molar-refractivity contribution is 5.97. The van der Waals surface area contributed by atoms with Gasteiger partial charge in [0.15, 0.2) is 12.9 Å². The first-order valence-corrected chi connectivity index (χ1v) is 5.00. The number of quaternary nitrogens is 1. The van der Waals surface area contributed by atoms with Crippen molar-refractivity contribution in [2.75, 3.05) is 6.54 Å². The van der Waals surface area contributed by atoms with E-state index in [1.165, 1.54) is 24.3 Å². The number of carbonyl (C=O) groups excluding carboxylic acids is 1. The van der Waals surface area contributed by atoms with Gasteiger partial charge in [-0.3, -0.25) is 19.8 Å². The first-order valence-electron chi connectivity index (χ1n) is 5.00. The number of nitro groups is 1. The lowest BCUT2D eigenvalue weighted by molar-refractivity contribution is -0.725. The van der Waals surface area contributed by atoms with Crippen molar-refractivity contribution in [2.45, 2.75) is 0 Å². The number of Topliss-reactive ketones (excluding diaryl/α,β-unsaturated/α-hetero) is 1. The average molecular weight is 268 g/mol. The molecule has 0 amide bonds. The molecule has 0 spiro atoms. The molecule has 0 bridgehead atoms. The van der Waals surface area contributed by atoms with E-state index in [4.69, 9.17) is 0 Å². The maximum atomic E-state index is 11.8. The van der Waals surface area contributed by atoms with Crippen LogP contribution in [-0.4, -0.2) is 23.6 Å². The van der Waals surface area contributed by atoms with Crippen LogP contribution in [0.4, 0.5) is 5.69 Å². The summed E-state index contributed by atoms with van der Waals surface area (Å²) in [6.45, 7) is 0.262. The predicted molar refractivity (Wildman–Crippen MR) is 60.9 cm³/mol. The lowest BCUT2D eigenvalue weighted by Crippen LogP contribution is -3.06. The number of rotatable bonds is 4. The van der Waals surface area contributed by atoms with Crippen molar-refractivity contribution in [3.05, 3.63) is 52.3 Å². The number of halogens is 1. The van der Waals surface area contributed by atoms with Crippen molar-refractivity contribution in [2.24, 2.45) is 4.99 Å². The van der Waals surface area contributed by atoms with Crippen molar-refractivity contribution < 1.29 is 27.0 Å². The summed E-state index contributed by atoms with van der Waals surface area (Å²) >= 11 is 0. The van der Waals surface area contributed by atoms with Gasteiger partial charge in [0.1, 0.15) is 6.20 Å². The average Bonchev–Trinajstić information content (AvgIpc) is 2.82. The normalized spacial score (nSPS) is 16.3. The summed E-state index contributed by atoms with van der Waals surface area (Å²) in [6, 6.07) is 5.60. The number of carbonyl (C=O) groups is 1. The van der Waals surface area contributed by atoms with E-state index in [0.29, 0.717) is 5.56 Å². The lowest BCUT2D eigenvalue weighted by Gasteiger charge is -2.04. The molecule has 0 saturated carbocycles. The first-order chi connectivity index (χ1) is 8.16. The van der Waals surface area contributed by atoms with Gasteiger partial charge < -0.3 is 12.4 Å². The Morgan fingerprint density at radius 2 is 2.00 bits per heavy atom. The van der Waals surface area contributed by atoms with Crippen LogP contribution in [0.2, 0.25) is 0 Å². The number of nitro benzene ring substituents is 1. The fraction of sp³-hybridized carbons (Fsp3) is 0.0909. The molecule has 0 radical (unpaired) electrons. The second-order valence-electron chi connectivity index (χ2n) is 3.57. The molecule has 1 unspecified atom stereocenters. The highest BCUT2D eigenvalue weighted by atomic mass is 35.5. The van der Waals surface area contributed by atoms with Crippen LogP contribution in [0, 0.1) is 10.1 Å². The maximum Gasteiger partial charge on any atom is 0.269 e. The van der Waals surface area contributed by atoms with E-state index in [0.717, 1.165) is 4.90 Å². The fourth-order valence-electron chi connectivity index (χ4n) is 1.48. The molecule has 0 aromatic heterocycles. The minimum absolute atomic E-state index is 0. The van der Waals surface area contributed by atoms with Crippen molar-refractivity contribution in [1.82, 2.24) is 0 Å². The zero-order valence-electron chi connectivity index (χ0n) is 9.25. The molecule has 1 aromatic rings. The number of hydrogen-bond donors (Lipinski definition) is 1. The molecule has 1 atom stereocenters. The number of nitrogens with zero attached hydrogens (tertiary/aromatic N) is 2. The molecular formula is C11H10ClN3O3. The third-order valence-corrected chi connectivity index (χ3v) is 2.38. The van der Waals surface area contributed by atoms with Crippen LogP contribution in [-0.2, 0) is 0 Å². The highest BCUT2D eigenvalue weighted by Crippen LogP contribution is 2.11. The largest absolute Gasteiger partial charge is 1.00 e. The van der Waals surface area contributed by atoms with E-state index in [1.54, 1.807) is 18.7 Å². The lowest BCUT2D eigenvalue weighted by atomic mass is 10.1. The van der Waals surface area contributed by atoms with Crippen molar-refractivity contribution in [1.29, 1.82) is 0 Å². The molecule has 94 valence electrons. The van der Waals surface area contributed by atoms with E-state index >= 15 is 0 Å². The number of benzene rings is 1. The summed E-state index contributed by atoms with van der Waals surface area (Å²) in [4.78, 5) is 26.5. The molecule has 0 fully saturated rings. The number of aliphatic imine (C=N–C) groups is 1. The topological polar surface area (TPSA) is 77.0 Å². The van der Waals surface area contributed by atoms with Crippen molar-refractivity contribution >= 4 is 17.8 Å².